The molecule has 0 spiro atoms. The lowest BCUT2D eigenvalue weighted by Gasteiger charge is -2.10. The van der Waals surface area contributed by atoms with E-state index >= 15 is 0 Å². The number of hydrogen-bond acceptors (Lipinski definition) is 2. The van der Waals surface area contributed by atoms with Crippen molar-refractivity contribution in [1.82, 2.24) is 5.32 Å². The molecule has 2 N–H and O–H groups in total. The molecule has 0 aromatic heterocycles. The molecule has 1 aromatic rings. The van der Waals surface area contributed by atoms with Crippen molar-refractivity contribution in [1.29, 1.82) is 0 Å². The standard InChI is InChI=1S/C12H16ClNO2/c1-14-11(12(15)16)4-2-3-9-5-7-10(13)8-6-9/h5-8,11,14H,2-4H2,1H3,(H,15,16)/t11-/m0/s1. The smallest absolute Gasteiger partial charge is 0.320 e. The largest absolute Gasteiger partial charge is 0.480 e. The van der Waals surface area contributed by atoms with E-state index < -0.39 is 12.0 Å². The molecule has 0 aliphatic carbocycles. The van der Waals surface area contributed by atoms with Gasteiger partial charge in [-0.2, -0.15) is 0 Å². The molecule has 1 aromatic carbocycles. The van der Waals surface area contributed by atoms with Crippen LogP contribution in [0.4, 0.5) is 0 Å². The Hall–Kier alpha value is -1.06. The number of nitrogens with one attached hydrogen (secondary N) is 1. The van der Waals surface area contributed by atoms with E-state index in [9.17, 15) is 4.79 Å². The van der Waals surface area contributed by atoms with Gasteiger partial charge >= 0.3 is 5.97 Å². The van der Waals surface area contributed by atoms with Crippen LogP contribution in [0, 0.1) is 0 Å². The summed E-state index contributed by atoms with van der Waals surface area (Å²) in [4.78, 5) is 10.7. The molecule has 1 rings (SSSR count). The van der Waals surface area contributed by atoms with Gasteiger partial charge in [-0.15, -0.1) is 0 Å². The predicted octanol–water partition coefficient (Wildman–Crippen LogP) is 2.34. The lowest BCUT2D eigenvalue weighted by Crippen LogP contribution is -2.33. The van der Waals surface area contributed by atoms with E-state index in [0.717, 1.165) is 17.9 Å². The minimum Gasteiger partial charge on any atom is -0.480 e. The Kier molecular flexibility index (Phi) is 5.29. The molecule has 0 heterocycles. The van der Waals surface area contributed by atoms with Crippen molar-refractivity contribution in [2.45, 2.75) is 25.3 Å². The Morgan fingerprint density at radius 1 is 1.44 bits per heavy atom. The topological polar surface area (TPSA) is 49.3 Å². The Labute approximate surface area is 100 Å². The minimum atomic E-state index is -0.793. The molecule has 1 atom stereocenters. The summed E-state index contributed by atoms with van der Waals surface area (Å²) in [5.74, 6) is -0.793. The summed E-state index contributed by atoms with van der Waals surface area (Å²) in [5, 5.41) is 12.3. The maximum absolute atomic E-state index is 10.7. The number of aliphatic carboxylic acids is 1. The summed E-state index contributed by atoms with van der Waals surface area (Å²) in [6.45, 7) is 0. The fourth-order valence-electron chi connectivity index (χ4n) is 1.55. The molecule has 0 amide bonds. The van der Waals surface area contributed by atoms with E-state index in [1.165, 1.54) is 5.56 Å². The first kappa shape index (κ1) is 13.0. The van der Waals surface area contributed by atoms with Gasteiger partial charge < -0.3 is 10.4 Å². The Morgan fingerprint density at radius 3 is 2.56 bits per heavy atom. The van der Waals surface area contributed by atoms with Crippen molar-refractivity contribution >= 4 is 17.6 Å². The molecule has 0 unspecified atom stereocenters. The van der Waals surface area contributed by atoms with Crippen LogP contribution in [0.1, 0.15) is 18.4 Å². The molecule has 4 heteroatoms. The molecule has 3 nitrogen and oxygen atoms in total. The average molecular weight is 242 g/mol. The number of hydrogen-bond donors (Lipinski definition) is 2. The highest BCUT2D eigenvalue weighted by Crippen LogP contribution is 2.12. The van der Waals surface area contributed by atoms with Crippen LogP contribution in [0.3, 0.4) is 0 Å². The normalized spacial score (nSPS) is 12.4. The van der Waals surface area contributed by atoms with Gasteiger partial charge in [0, 0.05) is 5.02 Å². The Morgan fingerprint density at radius 2 is 2.06 bits per heavy atom. The summed E-state index contributed by atoms with van der Waals surface area (Å²) < 4.78 is 0. The van der Waals surface area contributed by atoms with Crippen LogP contribution in [0.25, 0.3) is 0 Å². The van der Waals surface area contributed by atoms with E-state index in [1.807, 2.05) is 24.3 Å². The summed E-state index contributed by atoms with van der Waals surface area (Å²) >= 11 is 5.77. The van der Waals surface area contributed by atoms with Gasteiger partial charge in [0.15, 0.2) is 0 Å². The van der Waals surface area contributed by atoms with E-state index in [1.54, 1.807) is 7.05 Å². The SMILES string of the molecule is CN[C@@H](CCCc1ccc(Cl)cc1)C(=O)O. The van der Waals surface area contributed by atoms with Crippen molar-refractivity contribution in [3.05, 3.63) is 34.9 Å². The number of carbonyl (C=O) groups is 1. The second-order valence-corrected chi connectivity index (χ2v) is 4.13. The predicted molar refractivity (Wildman–Crippen MR) is 64.9 cm³/mol. The van der Waals surface area contributed by atoms with Gasteiger partial charge in [0.05, 0.1) is 0 Å². The van der Waals surface area contributed by atoms with Crippen molar-refractivity contribution in [3.8, 4) is 0 Å². The zero-order valence-electron chi connectivity index (χ0n) is 9.24. The monoisotopic (exact) mass is 241 g/mol. The highest BCUT2D eigenvalue weighted by molar-refractivity contribution is 6.30. The van der Waals surface area contributed by atoms with Crippen LogP contribution in [0.5, 0.6) is 0 Å². The third-order valence-electron chi connectivity index (χ3n) is 2.52. The molecule has 0 saturated carbocycles. The van der Waals surface area contributed by atoms with Crippen LogP contribution < -0.4 is 5.32 Å². The van der Waals surface area contributed by atoms with Crippen LogP contribution in [-0.2, 0) is 11.2 Å². The molecule has 16 heavy (non-hydrogen) atoms. The van der Waals surface area contributed by atoms with Gasteiger partial charge in [0.25, 0.3) is 0 Å². The first-order valence-corrected chi connectivity index (χ1v) is 5.66. The van der Waals surface area contributed by atoms with Crippen molar-refractivity contribution in [2.24, 2.45) is 0 Å². The summed E-state index contributed by atoms with van der Waals surface area (Å²) in [6.07, 6.45) is 2.36. The van der Waals surface area contributed by atoms with Crippen LogP contribution in [-0.4, -0.2) is 24.2 Å². The van der Waals surface area contributed by atoms with Gasteiger partial charge in [0.2, 0.25) is 0 Å². The zero-order valence-corrected chi connectivity index (χ0v) is 10.00. The van der Waals surface area contributed by atoms with Crippen molar-refractivity contribution in [2.75, 3.05) is 7.05 Å². The van der Waals surface area contributed by atoms with E-state index in [-0.39, 0.29) is 0 Å². The third-order valence-corrected chi connectivity index (χ3v) is 2.77. The molecule has 0 aliphatic rings. The summed E-state index contributed by atoms with van der Waals surface area (Å²) in [7, 11) is 1.67. The number of aryl methyl sites for hydroxylation is 1. The highest BCUT2D eigenvalue weighted by Gasteiger charge is 2.13. The minimum absolute atomic E-state index is 0.452. The Bertz CT molecular complexity index is 337. The van der Waals surface area contributed by atoms with Gasteiger partial charge in [-0.25, -0.2) is 0 Å². The summed E-state index contributed by atoms with van der Waals surface area (Å²) in [5.41, 5.74) is 1.18. The number of carboxylic acid groups (broad SMARTS) is 1. The van der Waals surface area contributed by atoms with Gasteiger partial charge in [0.1, 0.15) is 6.04 Å². The maximum atomic E-state index is 10.7. The lowest BCUT2D eigenvalue weighted by atomic mass is 10.0. The molecule has 0 aliphatic heterocycles. The molecule has 88 valence electrons. The maximum Gasteiger partial charge on any atom is 0.320 e. The first-order chi connectivity index (χ1) is 7.63. The van der Waals surface area contributed by atoms with Gasteiger partial charge in [-0.05, 0) is 44.0 Å². The van der Waals surface area contributed by atoms with Gasteiger partial charge in [-0.1, -0.05) is 23.7 Å². The zero-order chi connectivity index (χ0) is 12.0. The quantitative estimate of drug-likeness (QED) is 0.804. The second-order valence-electron chi connectivity index (χ2n) is 3.70. The van der Waals surface area contributed by atoms with Crippen LogP contribution in [0.2, 0.25) is 5.02 Å². The van der Waals surface area contributed by atoms with Gasteiger partial charge in [-0.3, -0.25) is 4.79 Å². The number of likely N-dealkylation sites (N-methyl/N-ethyl adjacent to an activating group) is 1. The van der Waals surface area contributed by atoms with Crippen LogP contribution >= 0.6 is 11.6 Å². The van der Waals surface area contributed by atoms with E-state index in [2.05, 4.69) is 5.32 Å². The Balaban J connectivity index is 2.35. The highest BCUT2D eigenvalue weighted by atomic mass is 35.5. The molecule has 0 radical (unpaired) electrons. The number of benzene rings is 1. The van der Waals surface area contributed by atoms with Crippen molar-refractivity contribution in [3.63, 3.8) is 0 Å². The third kappa shape index (κ3) is 4.21. The molecular formula is C12H16ClNO2. The summed E-state index contributed by atoms with van der Waals surface area (Å²) in [6, 6.07) is 7.19. The van der Waals surface area contributed by atoms with Crippen LogP contribution in [0.15, 0.2) is 24.3 Å². The second kappa shape index (κ2) is 6.51. The fraction of sp³-hybridized carbons (Fsp3) is 0.417. The number of carboxylic acids is 1. The number of rotatable bonds is 6. The van der Waals surface area contributed by atoms with E-state index in [0.29, 0.717) is 6.42 Å². The first-order valence-electron chi connectivity index (χ1n) is 5.28. The molecule has 0 fully saturated rings. The van der Waals surface area contributed by atoms with Crippen molar-refractivity contribution < 1.29 is 9.90 Å². The molecular weight excluding hydrogens is 226 g/mol. The van der Waals surface area contributed by atoms with E-state index in [4.69, 9.17) is 16.7 Å². The average Bonchev–Trinajstić information content (AvgIpc) is 2.26. The fourth-order valence-corrected chi connectivity index (χ4v) is 1.68. The lowest BCUT2D eigenvalue weighted by molar-refractivity contribution is -0.139. The molecule has 0 bridgehead atoms. The molecule has 0 saturated heterocycles. The number of halogens is 1.